The van der Waals surface area contributed by atoms with Crippen LogP contribution in [0.4, 0.5) is 0 Å². The van der Waals surface area contributed by atoms with Crippen molar-refractivity contribution < 1.29 is 9.53 Å². The summed E-state index contributed by atoms with van der Waals surface area (Å²) in [4.78, 5) is 11.5. The van der Waals surface area contributed by atoms with Crippen LogP contribution >= 0.6 is 0 Å². The van der Waals surface area contributed by atoms with Gasteiger partial charge in [0, 0.05) is 32.0 Å². The highest BCUT2D eigenvalue weighted by Gasteiger charge is 2.20. The molecule has 0 bridgehead atoms. The minimum atomic E-state index is 0.131. The monoisotopic (exact) mass is 276 g/mol. The number of benzene rings is 1. The fourth-order valence-corrected chi connectivity index (χ4v) is 2.46. The summed E-state index contributed by atoms with van der Waals surface area (Å²) in [6, 6.07) is 8.22. The molecule has 110 valence electrons. The highest BCUT2D eigenvalue weighted by Crippen LogP contribution is 2.32. The van der Waals surface area contributed by atoms with Crippen molar-refractivity contribution in [3.8, 4) is 5.75 Å². The summed E-state index contributed by atoms with van der Waals surface area (Å²) >= 11 is 0. The highest BCUT2D eigenvalue weighted by molar-refractivity contribution is 5.75. The smallest absolute Gasteiger partial charge is 0.221 e. The number of amides is 1. The van der Waals surface area contributed by atoms with Crippen molar-refractivity contribution in [2.75, 3.05) is 26.2 Å². The van der Waals surface area contributed by atoms with Gasteiger partial charge in [0.1, 0.15) is 5.75 Å². The molecule has 1 atom stereocenters. The van der Waals surface area contributed by atoms with Gasteiger partial charge in [-0.15, -0.1) is 0 Å². The molecule has 0 aliphatic carbocycles. The minimum absolute atomic E-state index is 0.131. The summed E-state index contributed by atoms with van der Waals surface area (Å²) < 4.78 is 5.65. The fourth-order valence-electron chi connectivity index (χ4n) is 2.46. The average molecular weight is 276 g/mol. The van der Waals surface area contributed by atoms with Gasteiger partial charge in [0.25, 0.3) is 0 Å². The Hall–Kier alpha value is -1.55. The molecule has 0 aromatic heterocycles. The number of nitrogens with one attached hydrogen (secondary N) is 2. The molecule has 4 heteroatoms. The van der Waals surface area contributed by atoms with E-state index >= 15 is 0 Å². The minimum Gasteiger partial charge on any atom is -0.493 e. The zero-order valence-electron chi connectivity index (χ0n) is 12.2. The third-order valence-corrected chi connectivity index (χ3v) is 3.57. The SMILES string of the molecule is CCCNC(=O)CCNCC1CCOc2ccccc21. The Labute approximate surface area is 120 Å². The van der Waals surface area contributed by atoms with E-state index in [-0.39, 0.29) is 5.91 Å². The molecule has 1 heterocycles. The Morgan fingerprint density at radius 2 is 2.20 bits per heavy atom. The van der Waals surface area contributed by atoms with Gasteiger partial charge in [-0.3, -0.25) is 4.79 Å². The summed E-state index contributed by atoms with van der Waals surface area (Å²) in [7, 11) is 0. The van der Waals surface area contributed by atoms with Crippen molar-refractivity contribution >= 4 is 5.91 Å². The lowest BCUT2D eigenvalue weighted by molar-refractivity contribution is -0.120. The molecule has 1 aliphatic rings. The standard InChI is InChI=1S/C16H24N2O2/c1-2-9-18-16(19)7-10-17-12-13-8-11-20-15-6-4-3-5-14(13)15/h3-6,13,17H,2,7-12H2,1H3,(H,18,19). The van der Waals surface area contributed by atoms with Crippen molar-refractivity contribution in [1.29, 1.82) is 0 Å². The number of hydrogen-bond acceptors (Lipinski definition) is 3. The lowest BCUT2D eigenvalue weighted by Crippen LogP contribution is -2.31. The second-order valence-corrected chi connectivity index (χ2v) is 5.18. The Bertz CT molecular complexity index is 434. The van der Waals surface area contributed by atoms with Crippen LogP contribution in [0.25, 0.3) is 0 Å². The van der Waals surface area contributed by atoms with Crippen LogP contribution in [0.3, 0.4) is 0 Å². The Balaban J connectivity index is 1.71. The van der Waals surface area contributed by atoms with Crippen molar-refractivity contribution in [2.45, 2.75) is 32.1 Å². The summed E-state index contributed by atoms with van der Waals surface area (Å²) in [5.74, 6) is 1.62. The molecule has 1 amide bonds. The number of carbonyl (C=O) groups is 1. The summed E-state index contributed by atoms with van der Waals surface area (Å²) in [6.07, 6.45) is 2.56. The van der Waals surface area contributed by atoms with Gasteiger partial charge in [-0.1, -0.05) is 25.1 Å². The van der Waals surface area contributed by atoms with Crippen LogP contribution < -0.4 is 15.4 Å². The fraction of sp³-hybridized carbons (Fsp3) is 0.562. The molecular weight excluding hydrogens is 252 g/mol. The first kappa shape index (κ1) is 14.9. The second kappa shape index (κ2) is 7.90. The van der Waals surface area contributed by atoms with E-state index in [0.717, 1.165) is 44.8 Å². The Morgan fingerprint density at radius 1 is 1.35 bits per heavy atom. The summed E-state index contributed by atoms with van der Waals surface area (Å²) in [5.41, 5.74) is 1.28. The van der Waals surface area contributed by atoms with Crippen molar-refractivity contribution in [1.82, 2.24) is 10.6 Å². The van der Waals surface area contributed by atoms with Gasteiger partial charge in [0.05, 0.1) is 6.61 Å². The number of hydrogen-bond donors (Lipinski definition) is 2. The van der Waals surface area contributed by atoms with Crippen LogP contribution in [0.1, 0.15) is 37.7 Å². The van der Waals surface area contributed by atoms with E-state index in [1.807, 2.05) is 12.1 Å². The molecule has 0 spiro atoms. The first-order chi connectivity index (χ1) is 9.81. The molecular formula is C16H24N2O2. The first-order valence-corrected chi connectivity index (χ1v) is 7.50. The van der Waals surface area contributed by atoms with E-state index in [4.69, 9.17) is 4.74 Å². The number of para-hydroxylation sites is 1. The molecule has 0 saturated heterocycles. The molecule has 1 unspecified atom stereocenters. The Kier molecular flexibility index (Phi) is 5.87. The molecule has 0 fully saturated rings. The van der Waals surface area contributed by atoms with Gasteiger partial charge in [0.2, 0.25) is 5.91 Å². The quantitative estimate of drug-likeness (QED) is 0.750. The molecule has 0 radical (unpaired) electrons. The summed E-state index contributed by atoms with van der Waals surface area (Å²) in [6.45, 7) is 5.24. The largest absolute Gasteiger partial charge is 0.493 e. The van der Waals surface area contributed by atoms with Crippen molar-refractivity contribution in [2.24, 2.45) is 0 Å². The van der Waals surface area contributed by atoms with Gasteiger partial charge < -0.3 is 15.4 Å². The van der Waals surface area contributed by atoms with E-state index in [2.05, 4.69) is 29.7 Å². The molecule has 20 heavy (non-hydrogen) atoms. The Morgan fingerprint density at radius 3 is 3.05 bits per heavy atom. The average Bonchev–Trinajstić information content (AvgIpc) is 2.49. The maximum Gasteiger partial charge on any atom is 0.221 e. The number of rotatable bonds is 7. The zero-order chi connectivity index (χ0) is 14.2. The maximum absolute atomic E-state index is 11.5. The maximum atomic E-state index is 11.5. The van der Waals surface area contributed by atoms with Crippen LogP contribution in [0.15, 0.2) is 24.3 Å². The van der Waals surface area contributed by atoms with E-state index in [1.54, 1.807) is 0 Å². The number of carbonyl (C=O) groups excluding carboxylic acids is 1. The van der Waals surface area contributed by atoms with E-state index in [9.17, 15) is 4.79 Å². The molecule has 1 aliphatic heterocycles. The third kappa shape index (κ3) is 4.23. The van der Waals surface area contributed by atoms with Crippen LogP contribution in [0.5, 0.6) is 5.75 Å². The van der Waals surface area contributed by atoms with Crippen molar-refractivity contribution in [3.63, 3.8) is 0 Å². The predicted octanol–water partition coefficient (Wildman–Crippen LogP) is 2.06. The summed E-state index contributed by atoms with van der Waals surface area (Å²) in [5, 5.41) is 6.27. The molecule has 4 nitrogen and oxygen atoms in total. The number of fused-ring (bicyclic) bond motifs is 1. The lowest BCUT2D eigenvalue weighted by atomic mass is 9.93. The second-order valence-electron chi connectivity index (χ2n) is 5.18. The molecule has 0 saturated carbocycles. The van der Waals surface area contributed by atoms with Gasteiger partial charge in [-0.2, -0.15) is 0 Å². The van der Waals surface area contributed by atoms with Crippen LogP contribution in [0, 0.1) is 0 Å². The van der Waals surface area contributed by atoms with E-state index in [1.165, 1.54) is 5.56 Å². The predicted molar refractivity (Wildman–Crippen MR) is 80.1 cm³/mol. The van der Waals surface area contributed by atoms with Gasteiger partial charge in [-0.25, -0.2) is 0 Å². The highest BCUT2D eigenvalue weighted by atomic mass is 16.5. The zero-order valence-corrected chi connectivity index (χ0v) is 12.2. The van der Waals surface area contributed by atoms with Gasteiger partial charge in [0.15, 0.2) is 0 Å². The van der Waals surface area contributed by atoms with Crippen LogP contribution in [-0.2, 0) is 4.79 Å². The van der Waals surface area contributed by atoms with Gasteiger partial charge in [-0.05, 0) is 24.5 Å². The molecule has 1 aromatic carbocycles. The normalized spacial score (nSPS) is 17.1. The number of ether oxygens (including phenoxy) is 1. The van der Waals surface area contributed by atoms with Crippen molar-refractivity contribution in [3.05, 3.63) is 29.8 Å². The van der Waals surface area contributed by atoms with E-state index < -0.39 is 0 Å². The van der Waals surface area contributed by atoms with Crippen LogP contribution in [-0.4, -0.2) is 32.1 Å². The molecule has 2 rings (SSSR count). The van der Waals surface area contributed by atoms with Gasteiger partial charge >= 0.3 is 0 Å². The lowest BCUT2D eigenvalue weighted by Gasteiger charge is -2.26. The van der Waals surface area contributed by atoms with Crippen LogP contribution in [0.2, 0.25) is 0 Å². The molecule has 2 N–H and O–H groups in total. The van der Waals surface area contributed by atoms with E-state index in [0.29, 0.717) is 12.3 Å². The first-order valence-electron chi connectivity index (χ1n) is 7.50. The topological polar surface area (TPSA) is 50.4 Å². The third-order valence-electron chi connectivity index (χ3n) is 3.57. The molecule has 1 aromatic rings.